The summed E-state index contributed by atoms with van der Waals surface area (Å²) < 4.78 is 31.2. The van der Waals surface area contributed by atoms with Gasteiger partial charge in [-0.25, -0.2) is 8.78 Å². The summed E-state index contributed by atoms with van der Waals surface area (Å²) in [6.45, 7) is 0. The van der Waals surface area contributed by atoms with Gasteiger partial charge >= 0.3 is 0 Å². The molecule has 98 valence electrons. The van der Waals surface area contributed by atoms with Crippen LogP contribution in [0.25, 0.3) is 0 Å². The van der Waals surface area contributed by atoms with E-state index in [0.717, 1.165) is 12.3 Å². The number of methoxy groups -OCH3 is 1. The molecule has 0 amide bonds. The second kappa shape index (κ2) is 5.56. The van der Waals surface area contributed by atoms with Crippen molar-refractivity contribution < 1.29 is 18.3 Å². The van der Waals surface area contributed by atoms with E-state index in [1.54, 1.807) is 6.07 Å². The van der Waals surface area contributed by atoms with Crippen LogP contribution in [0.15, 0.2) is 36.7 Å². The molecule has 0 aliphatic heterocycles. The Balaban J connectivity index is 2.17. The third kappa shape index (κ3) is 3.13. The SMILES string of the molecule is COc1ccc(CC(=O)c2cncc(F)c2)cc1F. The summed E-state index contributed by atoms with van der Waals surface area (Å²) in [5.41, 5.74) is 0.656. The minimum atomic E-state index is -0.577. The van der Waals surface area contributed by atoms with E-state index in [9.17, 15) is 13.6 Å². The number of carbonyl (C=O) groups excluding carboxylic acids is 1. The molecule has 1 aromatic heterocycles. The molecule has 5 heteroatoms. The number of halogens is 2. The Labute approximate surface area is 108 Å². The van der Waals surface area contributed by atoms with Crippen LogP contribution in [-0.4, -0.2) is 17.9 Å². The van der Waals surface area contributed by atoms with Crippen molar-refractivity contribution in [2.75, 3.05) is 7.11 Å². The van der Waals surface area contributed by atoms with E-state index in [4.69, 9.17) is 4.74 Å². The minimum Gasteiger partial charge on any atom is -0.494 e. The fourth-order valence-electron chi connectivity index (χ4n) is 1.67. The molecule has 0 aliphatic carbocycles. The van der Waals surface area contributed by atoms with E-state index in [-0.39, 0.29) is 23.5 Å². The topological polar surface area (TPSA) is 39.2 Å². The van der Waals surface area contributed by atoms with Gasteiger partial charge in [0.15, 0.2) is 17.3 Å². The van der Waals surface area contributed by atoms with Gasteiger partial charge in [0.2, 0.25) is 0 Å². The van der Waals surface area contributed by atoms with Gasteiger partial charge in [-0.3, -0.25) is 9.78 Å². The molecule has 2 rings (SSSR count). The summed E-state index contributed by atoms with van der Waals surface area (Å²) in [5, 5.41) is 0. The lowest BCUT2D eigenvalue weighted by Crippen LogP contribution is -2.05. The lowest BCUT2D eigenvalue weighted by Gasteiger charge is -2.05. The van der Waals surface area contributed by atoms with Crippen molar-refractivity contribution in [3.63, 3.8) is 0 Å². The zero-order valence-corrected chi connectivity index (χ0v) is 10.2. The average molecular weight is 263 g/mol. The molecule has 19 heavy (non-hydrogen) atoms. The lowest BCUT2D eigenvalue weighted by molar-refractivity contribution is 0.0992. The maximum absolute atomic E-state index is 13.5. The van der Waals surface area contributed by atoms with Crippen molar-refractivity contribution in [2.45, 2.75) is 6.42 Å². The van der Waals surface area contributed by atoms with Gasteiger partial charge in [0, 0.05) is 18.2 Å². The van der Waals surface area contributed by atoms with E-state index in [1.165, 1.54) is 25.4 Å². The molecular formula is C14H11F2NO2. The Hall–Kier alpha value is -2.30. The molecule has 0 spiro atoms. The maximum atomic E-state index is 13.5. The molecule has 0 radical (unpaired) electrons. The smallest absolute Gasteiger partial charge is 0.168 e. The molecule has 0 atom stereocenters. The number of hydrogen-bond donors (Lipinski definition) is 0. The zero-order chi connectivity index (χ0) is 13.8. The van der Waals surface area contributed by atoms with Crippen LogP contribution in [0.3, 0.4) is 0 Å². The molecule has 0 saturated heterocycles. The monoisotopic (exact) mass is 263 g/mol. The van der Waals surface area contributed by atoms with Gasteiger partial charge in [-0.15, -0.1) is 0 Å². The van der Waals surface area contributed by atoms with Crippen LogP contribution in [0.2, 0.25) is 0 Å². The first kappa shape index (κ1) is 13.1. The van der Waals surface area contributed by atoms with Crippen LogP contribution in [0.5, 0.6) is 5.75 Å². The predicted molar refractivity (Wildman–Crippen MR) is 65.2 cm³/mol. The number of nitrogens with zero attached hydrogens (tertiary/aromatic N) is 1. The van der Waals surface area contributed by atoms with Crippen molar-refractivity contribution in [1.82, 2.24) is 4.98 Å². The van der Waals surface area contributed by atoms with Gasteiger partial charge < -0.3 is 4.74 Å². The summed E-state index contributed by atoms with van der Waals surface area (Å²) >= 11 is 0. The van der Waals surface area contributed by atoms with Crippen molar-refractivity contribution in [2.24, 2.45) is 0 Å². The normalized spacial score (nSPS) is 10.3. The summed E-state index contributed by atoms with van der Waals surface area (Å²) in [6, 6.07) is 5.37. The molecule has 1 aromatic carbocycles. The highest BCUT2D eigenvalue weighted by Gasteiger charge is 2.10. The molecule has 2 aromatic rings. The van der Waals surface area contributed by atoms with Crippen LogP contribution in [0.1, 0.15) is 15.9 Å². The number of Topliss-reactive ketones (excluding diaryl/α,β-unsaturated/α-hetero) is 1. The molecule has 0 saturated carbocycles. The van der Waals surface area contributed by atoms with Gasteiger partial charge in [0.1, 0.15) is 5.82 Å². The van der Waals surface area contributed by atoms with Gasteiger partial charge in [-0.05, 0) is 23.8 Å². The molecule has 0 bridgehead atoms. The number of ether oxygens (including phenoxy) is 1. The molecule has 1 heterocycles. The Kier molecular flexibility index (Phi) is 3.85. The van der Waals surface area contributed by atoms with E-state index in [1.807, 2.05) is 0 Å². The fourth-order valence-corrected chi connectivity index (χ4v) is 1.67. The quantitative estimate of drug-likeness (QED) is 0.796. The number of rotatable bonds is 4. The Morgan fingerprint density at radius 1 is 1.26 bits per heavy atom. The summed E-state index contributed by atoms with van der Waals surface area (Å²) in [5.74, 6) is -1.32. The molecule has 0 unspecified atom stereocenters. The zero-order valence-electron chi connectivity index (χ0n) is 10.2. The van der Waals surface area contributed by atoms with Crippen molar-refractivity contribution in [3.8, 4) is 5.75 Å². The van der Waals surface area contributed by atoms with Crippen LogP contribution < -0.4 is 4.74 Å². The maximum Gasteiger partial charge on any atom is 0.168 e. The van der Waals surface area contributed by atoms with Crippen molar-refractivity contribution in [1.29, 1.82) is 0 Å². The first-order valence-electron chi connectivity index (χ1n) is 5.56. The van der Waals surface area contributed by atoms with Crippen molar-refractivity contribution >= 4 is 5.78 Å². The lowest BCUT2D eigenvalue weighted by atomic mass is 10.0. The minimum absolute atomic E-state index is 0.0218. The van der Waals surface area contributed by atoms with Gasteiger partial charge in [-0.2, -0.15) is 0 Å². The molecule has 0 aliphatic rings. The van der Waals surface area contributed by atoms with E-state index >= 15 is 0 Å². The number of pyridine rings is 1. The highest BCUT2D eigenvalue weighted by molar-refractivity contribution is 5.97. The molecule has 0 fully saturated rings. The van der Waals surface area contributed by atoms with Gasteiger partial charge in [0.25, 0.3) is 0 Å². The van der Waals surface area contributed by atoms with Gasteiger partial charge in [0.05, 0.1) is 13.3 Å². The van der Waals surface area contributed by atoms with Crippen molar-refractivity contribution in [3.05, 3.63) is 59.4 Å². The first-order chi connectivity index (χ1) is 9.10. The first-order valence-corrected chi connectivity index (χ1v) is 5.56. The largest absolute Gasteiger partial charge is 0.494 e. The number of benzene rings is 1. The van der Waals surface area contributed by atoms with E-state index in [2.05, 4.69) is 4.98 Å². The standard InChI is InChI=1S/C14H11F2NO2/c1-19-14-3-2-9(4-12(14)16)5-13(18)10-6-11(15)8-17-7-10/h2-4,6-8H,5H2,1H3. The Morgan fingerprint density at radius 3 is 2.68 bits per heavy atom. The summed E-state index contributed by atoms with van der Waals surface area (Å²) in [7, 11) is 1.36. The summed E-state index contributed by atoms with van der Waals surface area (Å²) in [6.07, 6.45) is 2.28. The second-order valence-corrected chi connectivity index (χ2v) is 3.96. The fraction of sp³-hybridized carbons (Fsp3) is 0.143. The number of carbonyl (C=O) groups is 1. The number of aromatic nitrogens is 1. The Bertz CT molecular complexity index is 614. The molecular weight excluding hydrogens is 252 g/mol. The molecule has 3 nitrogen and oxygen atoms in total. The van der Waals surface area contributed by atoms with E-state index in [0.29, 0.717) is 5.56 Å². The van der Waals surface area contributed by atoms with Crippen LogP contribution in [0, 0.1) is 11.6 Å². The van der Waals surface area contributed by atoms with Gasteiger partial charge in [-0.1, -0.05) is 6.07 Å². The predicted octanol–water partition coefficient (Wildman–Crippen LogP) is 2.79. The number of ketones is 1. The van der Waals surface area contributed by atoms with E-state index < -0.39 is 11.6 Å². The average Bonchev–Trinajstić information content (AvgIpc) is 2.39. The highest BCUT2D eigenvalue weighted by Crippen LogP contribution is 2.18. The third-order valence-electron chi connectivity index (χ3n) is 2.61. The van der Waals surface area contributed by atoms with Crippen LogP contribution >= 0.6 is 0 Å². The highest BCUT2D eigenvalue weighted by atomic mass is 19.1. The van der Waals surface area contributed by atoms with Crippen LogP contribution in [-0.2, 0) is 6.42 Å². The summed E-state index contributed by atoms with van der Waals surface area (Å²) in [4.78, 5) is 15.5. The van der Waals surface area contributed by atoms with Crippen LogP contribution in [0.4, 0.5) is 8.78 Å². The molecule has 0 N–H and O–H groups in total. The Morgan fingerprint density at radius 2 is 2.05 bits per heavy atom. The third-order valence-corrected chi connectivity index (χ3v) is 2.61. The second-order valence-electron chi connectivity index (χ2n) is 3.96. The number of hydrogen-bond acceptors (Lipinski definition) is 3.